The van der Waals surface area contributed by atoms with Crippen LogP contribution < -0.4 is 0 Å². The summed E-state index contributed by atoms with van der Waals surface area (Å²) in [6, 6.07) is 63.2. The average molecular weight is 691 g/mol. The van der Waals surface area contributed by atoms with Gasteiger partial charge in [0.2, 0.25) is 0 Å². The van der Waals surface area contributed by atoms with Crippen LogP contribution in [0.4, 0.5) is 0 Å². The van der Waals surface area contributed by atoms with Crippen molar-refractivity contribution in [3.05, 3.63) is 182 Å². The number of imidazole rings is 1. The van der Waals surface area contributed by atoms with E-state index in [2.05, 4.69) is 144 Å². The topological polar surface area (TPSA) is 56.2 Å². The lowest BCUT2D eigenvalue weighted by Crippen LogP contribution is -1.96. The minimum absolute atomic E-state index is 0.704. The highest BCUT2D eigenvalue weighted by Crippen LogP contribution is 2.40. The van der Waals surface area contributed by atoms with Gasteiger partial charge in [-0.2, -0.15) is 0 Å². The first-order valence-corrected chi connectivity index (χ1v) is 18.1. The fourth-order valence-electron chi connectivity index (χ4n) is 7.78. The number of aromatic nitrogens is 4. The number of hydrogen-bond acceptors (Lipinski definition) is 4. The maximum absolute atomic E-state index is 6.65. The van der Waals surface area contributed by atoms with Crippen molar-refractivity contribution < 1.29 is 4.42 Å². The number of para-hydroxylation sites is 2. The molecule has 11 aromatic rings. The molecule has 0 atom stereocenters. The van der Waals surface area contributed by atoms with Crippen LogP contribution in [0.25, 0.3) is 106 Å². The average Bonchev–Trinajstić information content (AvgIpc) is 3.83. The van der Waals surface area contributed by atoms with Gasteiger partial charge in [-0.25, -0.2) is 15.0 Å². The van der Waals surface area contributed by atoms with Crippen molar-refractivity contribution in [3.63, 3.8) is 0 Å². The van der Waals surface area contributed by atoms with Gasteiger partial charge in [-0.1, -0.05) is 140 Å². The summed E-state index contributed by atoms with van der Waals surface area (Å²) in [4.78, 5) is 15.1. The molecule has 7 aromatic carbocycles. The van der Waals surface area contributed by atoms with Gasteiger partial charge in [0.05, 0.1) is 22.4 Å². The molecule has 0 spiro atoms. The van der Waals surface area contributed by atoms with Crippen LogP contribution in [-0.4, -0.2) is 19.4 Å². The highest BCUT2D eigenvalue weighted by Gasteiger charge is 2.20. The zero-order valence-electron chi connectivity index (χ0n) is 29.0. The van der Waals surface area contributed by atoms with E-state index >= 15 is 0 Å². The molecule has 0 radical (unpaired) electrons. The lowest BCUT2D eigenvalue weighted by molar-refractivity contribution is 0.672. The maximum atomic E-state index is 6.65. The maximum Gasteiger partial charge on any atom is 0.160 e. The van der Waals surface area contributed by atoms with Gasteiger partial charge in [0.1, 0.15) is 16.7 Å². The van der Waals surface area contributed by atoms with Gasteiger partial charge in [0.25, 0.3) is 0 Å². The molecule has 0 aliphatic heterocycles. The minimum Gasteiger partial charge on any atom is -0.454 e. The molecule has 4 aromatic heterocycles. The number of pyridine rings is 1. The molecule has 0 aliphatic carbocycles. The van der Waals surface area contributed by atoms with Crippen LogP contribution in [-0.2, 0) is 0 Å². The quantitative estimate of drug-likeness (QED) is 0.180. The second kappa shape index (κ2) is 12.1. The third-order valence-corrected chi connectivity index (χ3v) is 10.4. The molecule has 0 fully saturated rings. The third-order valence-electron chi connectivity index (χ3n) is 10.4. The van der Waals surface area contributed by atoms with E-state index in [0.717, 1.165) is 99.9 Å². The zero-order valence-corrected chi connectivity index (χ0v) is 29.0. The molecular formula is C49H30N4O. The first kappa shape index (κ1) is 30.3. The summed E-state index contributed by atoms with van der Waals surface area (Å²) in [7, 11) is 0. The van der Waals surface area contributed by atoms with Gasteiger partial charge in [0, 0.05) is 32.8 Å². The van der Waals surface area contributed by atoms with E-state index in [0.29, 0.717) is 5.82 Å². The van der Waals surface area contributed by atoms with Crippen molar-refractivity contribution in [3.8, 4) is 56.2 Å². The highest BCUT2D eigenvalue weighted by atomic mass is 16.3. The van der Waals surface area contributed by atoms with Gasteiger partial charge in [-0.05, 0) is 64.7 Å². The summed E-state index contributed by atoms with van der Waals surface area (Å²) < 4.78 is 8.91. The summed E-state index contributed by atoms with van der Waals surface area (Å²) in [5.41, 5.74) is 15.0. The summed E-state index contributed by atoms with van der Waals surface area (Å²) in [6.07, 6.45) is 0. The smallest absolute Gasteiger partial charge is 0.160 e. The molecule has 0 unspecified atom stereocenters. The Bertz CT molecular complexity index is 3160. The Balaban J connectivity index is 1.04. The molecule has 0 N–H and O–H groups in total. The third kappa shape index (κ3) is 4.90. The molecule has 0 saturated carbocycles. The van der Waals surface area contributed by atoms with Gasteiger partial charge in [-0.3, -0.25) is 4.40 Å². The first-order valence-electron chi connectivity index (χ1n) is 18.1. The van der Waals surface area contributed by atoms with Crippen LogP contribution in [0.5, 0.6) is 0 Å². The van der Waals surface area contributed by atoms with Gasteiger partial charge >= 0.3 is 0 Å². The lowest BCUT2D eigenvalue weighted by atomic mass is 9.96. The number of hydrogen-bond donors (Lipinski definition) is 0. The lowest BCUT2D eigenvalue weighted by Gasteiger charge is -2.11. The predicted octanol–water partition coefficient (Wildman–Crippen LogP) is 12.7. The van der Waals surface area contributed by atoms with Crippen molar-refractivity contribution in [2.75, 3.05) is 0 Å². The van der Waals surface area contributed by atoms with E-state index in [1.807, 2.05) is 42.5 Å². The van der Waals surface area contributed by atoms with Crippen molar-refractivity contribution in [1.29, 1.82) is 0 Å². The van der Waals surface area contributed by atoms with Crippen LogP contribution in [0.15, 0.2) is 186 Å². The van der Waals surface area contributed by atoms with Crippen LogP contribution >= 0.6 is 0 Å². The van der Waals surface area contributed by atoms with Crippen LogP contribution in [0.1, 0.15) is 0 Å². The predicted molar refractivity (Wildman–Crippen MR) is 220 cm³/mol. The van der Waals surface area contributed by atoms with E-state index in [1.165, 1.54) is 0 Å². The molecule has 0 bridgehead atoms. The van der Waals surface area contributed by atoms with E-state index in [4.69, 9.17) is 19.4 Å². The number of nitrogens with zero attached hydrogens (tertiary/aromatic N) is 4. The normalized spacial score (nSPS) is 11.7. The van der Waals surface area contributed by atoms with Crippen LogP contribution in [0.2, 0.25) is 0 Å². The van der Waals surface area contributed by atoms with E-state index in [1.54, 1.807) is 0 Å². The number of fused-ring (bicyclic) bond motifs is 10. The fraction of sp³-hybridized carbons (Fsp3) is 0. The monoisotopic (exact) mass is 690 g/mol. The van der Waals surface area contributed by atoms with Gasteiger partial charge < -0.3 is 4.42 Å². The van der Waals surface area contributed by atoms with E-state index in [9.17, 15) is 0 Å². The molecule has 4 heterocycles. The van der Waals surface area contributed by atoms with Gasteiger partial charge in [-0.15, -0.1) is 0 Å². The first-order chi connectivity index (χ1) is 26.7. The van der Waals surface area contributed by atoms with Crippen LogP contribution in [0.3, 0.4) is 0 Å². The molecule has 0 aliphatic rings. The largest absolute Gasteiger partial charge is 0.454 e. The summed E-state index contributed by atoms with van der Waals surface area (Å²) in [5, 5.41) is 3.19. The Kier molecular flexibility index (Phi) is 6.79. The van der Waals surface area contributed by atoms with Gasteiger partial charge in [0.15, 0.2) is 11.4 Å². The molecule has 0 amide bonds. The second-order valence-corrected chi connectivity index (χ2v) is 13.7. The highest BCUT2D eigenvalue weighted by molar-refractivity contribution is 6.19. The molecule has 11 rings (SSSR count). The Morgan fingerprint density at radius 3 is 1.72 bits per heavy atom. The van der Waals surface area contributed by atoms with Crippen molar-refractivity contribution in [2.45, 2.75) is 0 Å². The molecule has 54 heavy (non-hydrogen) atoms. The Morgan fingerprint density at radius 2 is 0.963 bits per heavy atom. The Labute approximate surface area is 310 Å². The van der Waals surface area contributed by atoms with Crippen molar-refractivity contribution >= 4 is 49.5 Å². The van der Waals surface area contributed by atoms with Crippen molar-refractivity contribution in [1.82, 2.24) is 19.4 Å². The number of rotatable bonds is 5. The zero-order chi connectivity index (χ0) is 35.6. The second-order valence-electron chi connectivity index (χ2n) is 13.7. The SMILES string of the molecule is c1ccc(-c2cc(-c3cccc(-c4cccc(-c5ccc6oc7c8ccccc8c8nc9ccccc9n8c7c6c5)c4)c3)nc(-c3ccccc3)n2)cc1. The Morgan fingerprint density at radius 1 is 0.389 bits per heavy atom. The summed E-state index contributed by atoms with van der Waals surface area (Å²) >= 11 is 0. The molecule has 0 saturated heterocycles. The fourth-order valence-corrected chi connectivity index (χ4v) is 7.78. The minimum atomic E-state index is 0.704. The number of furan rings is 1. The van der Waals surface area contributed by atoms with E-state index in [-0.39, 0.29) is 0 Å². The Hall–Kier alpha value is -7.37. The van der Waals surface area contributed by atoms with Crippen LogP contribution in [0, 0.1) is 0 Å². The molecular weight excluding hydrogens is 661 g/mol. The molecule has 5 nitrogen and oxygen atoms in total. The molecule has 5 heteroatoms. The summed E-state index contributed by atoms with van der Waals surface area (Å²) in [6.45, 7) is 0. The summed E-state index contributed by atoms with van der Waals surface area (Å²) in [5.74, 6) is 0.704. The molecule has 252 valence electrons. The number of benzene rings is 7. The van der Waals surface area contributed by atoms with E-state index < -0.39 is 0 Å². The van der Waals surface area contributed by atoms with Crippen molar-refractivity contribution in [2.24, 2.45) is 0 Å². The standard InChI is InChI=1S/C49H30N4O/c1-3-13-31(14-4-1)42-30-43(51-48(50-42)32-15-5-2-6-16-32)37-20-12-19-35(28-37)33-17-11-18-34(27-33)36-25-26-45-40(29-36)46-47(54-45)38-21-7-8-22-39(38)49-52-41-23-9-10-24-44(41)53(46)49/h1-30H.